The topological polar surface area (TPSA) is 147 Å². The predicted molar refractivity (Wildman–Crippen MR) is 162 cm³/mol. The van der Waals surface area contributed by atoms with Gasteiger partial charge >= 0.3 is 12.0 Å². The second-order valence-corrected chi connectivity index (χ2v) is 12.0. The van der Waals surface area contributed by atoms with Gasteiger partial charge in [0.1, 0.15) is 11.4 Å². The summed E-state index contributed by atoms with van der Waals surface area (Å²) in [7, 11) is 0. The highest BCUT2D eigenvalue weighted by atomic mass is 32.1. The molecular formula is C31H38N4O6S. The first-order valence-electron chi connectivity index (χ1n) is 13.8. The van der Waals surface area contributed by atoms with E-state index in [1.807, 2.05) is 30.3 Å². The molecule has 0 spiro atoms. The maximum absolute atomic E-state index is 12.5. The summed E-state index contributed by atoms with van der Waals surface area (Å²) in [5.74, 6) is -1.65. The van der Waals surface area contributed by atoms with Crippen molar-refractivity contribution in [2.24, 2.45) is 5.41 Å². The number of nitrogens with zero attached hydrogens (tertiary/aromatic N) is 1. The van der Waals surface area contributed by atoms with Gasteiger partial charge in [0.25, 0.3) is 5.91 Å². The quantitative estimate of drug-likeness (QED) is 0.167. The number of urea groups is 1. The number of hydrogen-bond acceptors (Lipinski definition) is 7. The number of anilines is 1. The number of thiazole rings is 1. The number of rotatable bonds is 15. The van der Waals surface area contributed by atoms with Crippen LogP contribution in [0.1, 0.15) is 74.0 Å². The van der Waals surface area contributed by atoms with E-state index in [1.165, 1.54) is 5.38 Å². The first-order chi connectivity index (χ1) is 20.0. The Morgan fingerprint density at radius 2 is 1.69 bits per heavy atom. The van der Waals surface area contributed by atoms with E-state index in [2.05, 4.69) is 41.7 Å². The van der Waals surface area contributed by atoms with Crippen LogP contribution in [0.5, 0.6) is 5.75 Å². The Balaban J connectivity index is 1.45. The van der Waals surface area contributed by atoms with Crippen molar-refractivity contribution in [1.29, 1.82) is 0 Å². The Kier molecular flexibility index (Phi) is 12.0. The number of carboxylic acid groups (broad SMARTS) is 1. The first-order valence-corrected chi connectivity index (χ1v) is 14.7. The second kappa shape index (κ2) is 15.7. The van der Waals surface area contributed by atoms with Gasteiger partial charge in [-0.2, -0.15) is 0 Å². The summed E-state index contributed by atoms with van der Waals surface area (Å²) in [4.78, 5) is 52.9. The number of aliphatic carboxylic acids is 1. The van der Waals surface area contributed by atoms with Crippen LogP contribution < -0.4 is 20.7 Å². The minimum atomic E-state index is -1.00. The molecule has 1 atom stereocenters. The van der Waals surface area contributed by atoms with Crippen molar-refractivity contribution in [3.05, 3.63) is 76.8 Å². The van der Waals surface area contributed by atoms with Gasteiger partial charge in [0.2, 0.25) is 0 Å². The third kappa shape index (κ3) is 11.3. The van der Waals surface area contributed by atoms with Gasteiger partial charge in [0.05, 0.1) is 19.6 Å². The number of ketones is 1. The van der Waals surface area contributed by atoms with Crippen molar-refractivity contribution in [1.82, 2.24) is 15.6 Å². The molecule has 42 heavy (non-hydrogen) atoms. The number of carboxylic acids is 1. The summed E-state index contributed by atoms with van der Waals surface area (Å²) in [5, 5.41) is 18.8. The SMILES string of the molecule is CC(C)(C)CCCOc1ccccc1CNC(=O)Nc1nc(C(=O)NCC(=O)CC(CC(=O)O)c2ccccc2)cs1. The molecule has 3 amide bonds. The minimum Gasteiger partial charge on any atom is -0.493 e. The molecule has 3 rings (SSSR count). The lowest BCUT2D eigenvalue weighted by Crippen LogP contribution is -2.31. The number of hydrogen-bond donors (Lipinski definition) is 4. The van der Waals surface area contributed by atoms with Gasteiger partial charge in [-0.3, -0.25) is 19.7 Å². The van der Waals surface area contributed by atoms with Crippen molar-refractivity contribution in [2.45, 2.75) is 58.9 Å². The summed E-state index contributed by atoms with van der Waals surface area (Å²) in [6.45, 7) is 7.14. The number of ether oxygens (including phenoxy) is 1. The van der Waals surface area contributed by atoms with E-state index >= 15 is 0 Å². The Morgan fingerprint density at radius 1 is 0.976 bits per heavy atom. The molecule has 1 heterocycles. The molecule has 1 aromatic heterocycles. The average molecular weight is 595 g/mol. The van der Waals surface area contributed by atoms with E-state index in [-0.39, 0.29) is 48.0 Å². The standard InChI is InChI=1S/C31H38N4O6S/c1-31(2,3)14-9-15-41-26-13-8-7-12-22(26)18-33-29(40)35-30-34-25(20-42-30)28(39)32-19-24(36)16-23(17-27(37)38)21-10-5-4-6-11-21/h4-8,10-13,20,23H,9,14-19H2,1-3H3,(H,32,39)(H,37,38)(H2,33,34,35,40). The lowest BCUT2D eigenvalue weighted by atomic mass is 9.91. The van der Waals surface area contributed by atoms with Gasteiger partial charge < -0.3 is 20.5 Å². The normalized spacial score (nSPS) is 11.8. The third-order valence-electron chi connectivity index (χ3n) is 6.31. The molecule has 0 saturated carbocycles. The summed E-state index contributed by atoms with van der Waals surface area (Å²) < 4.78 is 5.94. The largest absolute Gasteiger partial charge is 0.493 e. The van der Waals surface area contributed by atoms with E-state index in [1.54, 1.807) is 24.3 Å². The molecule has 224 valence electrons. The number of amides is 3. The Morgan fingerprint density at radius 3 is 2.40 bits per heavy atom. The molecule has 0 fully saturated rings. The van der Waals surface area contributed by atoms with Crippen LogP contribution in [0.15, 0.2) is 60.0 Å². The molecule has 0 bridgehead atoms. The molecule has 4 N–H and O–H groups in total. The maximum Gasteiger partial charge on any atom is 0.321 e. The second-order valence-electron chi connectivity index (χ2n) is 11.1. The Hall–Kier alpha value is -4.25. The highest BCUT2D eigenvalue weighted by molar-refractivity contribution is 7.14. The van der Waals surface area contributed by atoms with E-state index in [0.717, 1.165) is 35.3 Å². The van der Waals surface area contributed by atoms with Gasteiger partial charge in [0, 0.05) is 29.8 Å². The monoisotopic (exact) mass is 594 g/mol. The average Bonchev–Trinajstić information content (AvgIpc) is 3.41. The van der Waals surface area contributed by atoms with E-state index in [0.29, 0.717) is 12.4 Å². The lowest BCUT2D eigenvalue weighted by Gasteiger charge is -2.18. The number of carbonyl (C=O) groups excluding carboxylic acids is 3. The molecule has 11 heteroatoms. The van der Waals surface area contributed by atoms with Crippen molar-refractivity contribution in [3.63, 3.8) is 0 Å². The van der Waals surface area contributed by atoms with Crippen LogP contribution in [0, 0.1) is 5.41 Å². The maximum atomic E-state index is 12.5. The summed E-state index contributed by atoms with van der Waals surface area (Å²) >= 11 is 1.08. The molecule has 0 aliphatic heterocycles. The zero-order chi connectivity index (χ0) is 30.5. The molecule has 0 saturated heterocycles. The van der Waals surface area contributed by atoms with E-state index < -0.39 is 23.8 Å². The molecule has 0 aliphatic rings. The number of benzene rings is 2. The first kappa shape index (κ1) is 32.3. The number of carbonyl (C=O) groups is 4. The number of para-hydroxylation sites is 1. The van der Waals surface area contributed by atoms with Crippen LogP contribution in [0.4, 0.5) is 9.93 Å². The van der Waals surface area contributed by atoms with Crippen LogP contribution in [0.2, 0.25) is 0 Å². The molecule has 3 aromatic rings. The number of Topliss-reactive ketones (excluding diaryl/α,β-unsaturated/α-hetero) is 1. The fraction of sp³-hybridized carbons (Fsp3) is 0.387. The predicted octanol–water partition coefficient (Wildman–Crippen LogP) is 5.62. The fourth-order valence-electron chi connectivity index (χ4n) is 4.19. The van der Waals surface area contributed by atoms with Gasteiger partial charge in [-0.15, -0.1) is 11.3 Å². The van der Waals surface area contributed by atoms with Gasteiger partial charge in [0.15, 0.2) is 10.9 Å². The van der Waals surface area contributed by atoms with Gasteiger partial charge in [-0.25, -0.2) is 9.78 Å². The Bertz CT molecular complexity index is 1350. The molecule has 10 nitrogen and oxygen atoms in total. The minimum absolute atomic E-state index is 0.0221. The lowest BCUT2D eigenvalue weighted by molar-refractivity contribution is -0.137. The third-order valence-corrected chi connectivity index (χ3v) is 7.07. The van der Waals surface area contributed by atoms with Crippen molar-refractivity contribution in [2.75, 3.05) is 18.5 Å². The molecule has 1 unspecified atom stereocenters. The fourth-order valence-corrected chi connectivity index (χ4v) is 4.87. The van der Waals surface area contributed by atoms with Gasteiger partial charge in [-0.1, -0.05) is 69.3 Å². The molecule has 0 radical (unpaired) electrons. The Labute approximate surface area is 249 Å². The van der Waals surface area contributed by atoms with E-state index in [9.17, 15) is 24.3 Å². The molecule has 2 aromatic carbocycles. The smallest absolute Gasteiger partial charge is 0.321 e. The van der Waals surface area contributed by atoms with Crippen molar-refractivity contribution in [3.8, 4) is 5.75 Å². The highest BCUT2D eigenvalue weighted by Crippen LogP contribution is 2.24. The van der Waals surface area contributed by atoms with Crippen molar-refractivity contribution >= 4 is 40.2 Å². The van der Waals surface area contributed by atoms with Crippen LogP contribution in [-0.2, 0) is 16.1 Å². The zero-order valence-electron chi connectivity index (χ0n) is 24.1. The summed E-state index contributed by atoms with van der Waals surface area (Å²) in [6.07, 6.45) is 1.76. The summed E-state index contributed by atoms with van der Waals surface area (Å²) in [5.41, 5.74) is 1.89. The number of aromatic nitrogens is 1. The van der Waals surface area contributed by atoms with Crippen molar-refractivity contribution < 1.29 is 29.0 Å². The molecular weight excluding hydrogens is 556 g/mol. The van der Waals surface area contributed by atoms with E-state index in [4.69, 9.17) is 4.74 Å². The van der Waals surface area contributed by atoms with Crippen LogP contribution >= 0.6 is 11.3 Å². The number of nitrogens with one attached hydrogen (secondary N) is 3. The molecule has 0 aliphatic carbocycles. The highest BCUT2D eigenvalue weighted by Gasteiger charge is 2.20. The zero-order valence-corrected chi connectivity index (χ0v) is 25.0. The van der Waals surface area contributed by atoms with Gasteiger partial charge in [-0.05, 0) is 29.9 Å². The summed E-state index contributed by atoms with van der Waals surface area (Å²) in [6, 6.07) is 16.0. The van der Waals surface area contributed by atoms with Crippen LogP contribution in [0.25, 0.3) is 0 Å². The van der Waals surface area contributed by atoms with Crippen LogP contribution in [-0.4, -0.2) is 46.9 Å². The van der Waals surface area contributed by atoms with Crippen LogP contribution in [0.3, 0.4) is 0 Å².